The summed E-state index contributed by atoms with van der Waals surface area (Å²) in [6.07, 6.45) is 1.33. The van der Waals surface area contributed by atoms with Gasteiger partial charge in [0.1, 0.15) is 0 Å². The van der Waals surface area contributed by atoms with Crippen LogP contribution >= 0.6 is 11.6 Å². The van der Waals surface area contributed by atoms with Gasteiger partial charge in [-0.3, -0.25) is 0 Å². The average molecular weight is 242 g/mol. The normalized spacial score (nSPS) is 10.2. The first-order valence-corrected chi connectivity index (χ1v) is 4.78. The Morgan fingerprint density at radius 2 is 1.75 bits per heavy atom. The van der Waals surface area contributed by atoms with Gasteiger partial charge in [0.25, 0.3) is 0 Å². The van der Waals surface area contributed by atoms with E-state index in [1.54, 1.807) is 0 Å². The Bertz CT molecular complexity index is 482. The van der Waals surface area contributed by atoms with E-state index in [2.05, 4.69) is 4.98 Å². The Morgan fingerprint density at radius 3 is 2.31 bits per heavy atom. The molecule has 16 heavy (non-hydrogen) atoms. The van der Waals surface area contributed by atoms with Crippen LogP contribution in [0.3, 0.4) is 0 Å². The van der Waals surface area contributed by atoms with E-state index in [0.29, 0.717) is 5.02 Å². The molecular formula is C11H6ClF2NO. The van der Waals surface area contributed by atoms with Gasteiger partial charge in [0.05, 0.1) is 5.02 Å². The van der Waals surface area contributed by atoms with Gasteiger partial charge in [-0.25, -0.2) is 13.8 Å². The molecule has 0 bridgehead atoms. The third-order valence-corrected chi connectivity index (χ3v) is 2.05. The highest BCUT2D eigenvalue weighted by atomic mass is 35.5. The second kappa shape index (κ2) is 4.45. The number of ether oxygens (including phenoxy) is 1. The monoisotopic (exact) mass is 241 g/mol. The zero-order valence-corrected chi connectivity index (χ0v) is 8.71. The molecule has 1 aromatic carbocycles. The second-order valence-electron chi connectivity index (χ2n) is 2.97. The first kappa shape index (κ1) is 10.8. The molecule has 0 saturated heterocycles. The average Bonchev–Trinajstić information content (AvgIpc) is 2.26. The van der Waals surface area contributed by atoms with Gasteiger partial charge in [0, 0.05) is 12.3 Å². The van der Waals surface area contributed by atoms with Crippen molar-refractivity contribution in [3.05, 3.63) is 53.2 Å². The van der Waals surface area contributed by atoms with Crippen molar-refractivity contribution in [2.24, 2.45) is 0 Å². The fourth-order valence-corrected chi connectivity index (χ4v) is 1.22. The molecule has 0 aliphatic heterocycles. The maximum atomic E-state index is 13.2. The lowest BCUT2D eigenvalue weighted by Crippen LogP contribution is -1.93. The minimum atomic E-state index is -0.781. The van der Waals surface area contributed by atoms with Crippen LogP contribution in [0.2, 0.25) is 5.02 Å². The van der Waals surface area contributed by atoms with Gasteiger partial charge in [-0.1, -0.05) is 17.7 Å². The van der Waals surface area contributed by atoms with Gasteiger partial charge in [0.2, 0.25) is 11.6 Å². The summed E-state index contributed by atoms with van der Waals surface area (Å²) in [5.74, 6) is -1.96. The number of pyridine rings is 1. The lowest BCUT2D eigenvalue weighted by molar-refractivity contribution is 0.395. The molecule has 82 valence electrons. The molecule has 2 aromatic rings. The van der Waals surface area contributed by atoms with Crippen molar-refractivity contribution in [3.8, 4) is 11.6 Å². The topological polar surface area (TPSA) is 22.1 Å². The predicted octanol–water partition coefficient (Wildman–Crippen LogP) is 3.81. The smallest absolute Gasteiger partial charge is 0.219 e. The van der Waals surface area contributed by atoms with E-state index >= 15 is 0 Å². The molecule has 0 aliphatic rings. The molecule has 0 fully saturated rings. The van der Waals surface area contributed by atoms with Crippen molar-refractivity contribution in [3.63, 3.8) is 0 Å². The maximum absolute atomic E-state index is 13.2. The van der Waals surface area contributed by atoms with Crippen LogP contribution in [0.4, 0.5) is 8.78 Å². The number of rotatable bonds is 2. The van der Waals surface area contributed by atoms with Crippen molar-refractivity contribution in [1.29, 1.82) is 0 Å². The summed E-state index contributed by atoms with van der Waals surface area (Å²) in [5, 5.41) is 0.418. The third kappa shape index (κ3) is 2.28. The SMILES string of the molecule is Fc1cccc(F)c1Oc1ccc(Cl)cn1. The Morgan fingerprint density at radius 1 is 1.06 bits per heavy atom. The zero-order valence-electron chi connectivity index (χ0n) is 7.95. The van der Waals surface area contributed by atoms with Gasteiger partial charge >= 0.3 is 0 Å². The highest BCUT2D eigenvalue weighted by Gasteiger charge is 2.11. The van der Waals surface area contributed by atoms with Crippen molar-refractivity contribution >= 4 is 11.6 Å². The minimum Gasteiger partial charge on any atom is -0.433 e. The summed E-state index contributed by atoms with van der Waals surface area (Å²) in [6, 6.07) is 6.41. The van der Waals surface area contributed by atoms with Crippen LogP contribution in [0.5, 0.6) is 11.6 Å². The highest BCUT2D eigenvalue weighted by Crippen LogP contribution is 2.26. The summed E-state index contributed by atoms with van der Waals surface area (Å²) in [7, 11) is 0. The van der Waals surface area contributed by atoms with Crippen LogP contribution in [0.1, 0.15) is 0 Å². The molecule has 0 N–H and O–H groups in total. The van der Waals surface area contributed by atoms with Crippen LogP contribution in [-0.4, -0.2) is 4.98 Å². The molecule has 0 amide bonds. The standard InChI is InChI=1S/C11H6ClF2NO/c12-7-4-5-10(15-6-7)16-11-8(13)2-1-3-9(11)14/h1-6H. The lowest BCUT2D eigenvalue weighted by atomic mass is 10.3. The molecular weight excluding hydrogens is 236 g/mol. The molecule has 0 radical (unpaired) electrons. The Labute approximate surface area is 95.5 Å². The molecule has 0 spiro atoms. The molecule has 1 aromatic heterocycles. The highest BCUT2D eigenvalue weighted by molar-refractivity contribution is 6.30. The largest absolute Gasteiger partial charge is 0.433 e. The minimum absolute atomic E-state index is 0.0772. The maximum Gasteiger partial charge on any atom is 0.219 e. The number of nitrogens with zero attached hydrogens (tertiary/aromatic N) is 1. The number of hydrogen-bond acceptors (Lipinski definition) is 2. The van der Waals surface area contributed by atoms with Crippen molar-refractivity contribution in [1.82, 2.24) is 4.98 Å². The van der Waals surface area contributed by atoms with E-state index in [-0.39, 0.29) is 5.88 Å². The molecule has 0 saturated carbocycles. The lowest BCUT2D eigenvalue weighted by Gasteiger charge is -2.06. The fourth-order valence-electron chi connectivity index (χ4n) is 1.11. The van der Waals surface area contributed by atoms with Gasteiger partial charge in [-0.15, -0.1) is 0 Å². The van der Waals surface area contributed by atoms with Crippen LogP contribution in [0, 0.1) is 11.6 Å². The molecule has 1 heterocycles. The summed E-state index contributed by atoms with van der Waals surface area (Å²) in [4.78, 5) is 3.77. The molecule has 2 rings (SSSR count). The van der Waals surface area contributed by atoms with Gasteiger partial charge in [-0.05, 0) is 18.2 Å². The van der Waals surface area contributed by atoms with E-state index < -0.39 is 17.4 Å². The summed E-state index contributed by atoms with van der Waals surface area (Å²) >= 11 is 5.61. The summed E-state index contributed by atoms with van der Waals surface area (Å²) in [6.45, 7) is 0. The third-order valence-electron chi connectivity index (χ3n) is 1.83. The van der Waals surface area contributed by atoms with Crippen LogP contribution < -0.4 is 4.74 Å². The molecule has 2 nitrogen and oxygen atoms in total. The Hall–Kier alpha value is -1.68. The van der Waals surface area contributed by atoms with E-state index in [0.717, 1.165) is 12.1 Å². The Kier molecular flexibility index (Phi) is 3.01. The van der Waals surface area contributed by atoms with Crippen LogP contribution in [0.25, 0.3) is 0 Å². The molecule has 5 heteroatoms. The summed E-state index contributed by atoms with van der Waals surface area (Å²) in [5.41, 5.74) is 0. The number of hydrogen-bond donors (Lipinski definition) is 0. The van der Waals surface area contributed by atoms with Crippen molar-refractivity contribution < 1.29 is 13.5 Å². The van der Waals surface area contributed by atoms with Crippen LogP contribution in [-0.2, 0) is 0 Å². The van der Waals surface area contributed by atoms with E-state index in [9.17, 15) is 8.78 Å². The van der Waals surface area contributed by atoms with E-state index in [1.807, 2.05) is 0 Å². The predicted molar refractivity (Wildman–Crippen MR) is 55.7 cm³/mol. The second-order valence-corrected chi connectivity index (χ2v) is 3.40. The number of para-hydroxylation sites is 1. The molecule has 0 atom stereocenters. The van der Waals surface area contributed by atoms with Gasteiger partial charge < -0.3 is 4.74 Å². The summed E-state index contributed by atoms with van der Waals surface area (Å²) < 4.78 is 31.4. The van der Waals surface area contributed by atoms with E-state index in [4.69, 9.17) is 16.3 Å². The fraction of sp³-hybridized carbons (Fsp3) is 0. The molecule has 0 unspecified atom stereocenters. The number of aromatic nitrogens is 1. The first-order chi connectivity index (χ1) is 7.66. The number of halogens is 3. The zero-order chi connectivity index (χ0) is 11.5. The van der Waals surface area contributed by atoms with E-state index in [1.165, 1.54) is 24.4 Å². The van der Waals surface area contributed by atoms with Crippen molar-refractivity contribution in [2.75, 3.05) is 0 Å². The quantitative estimate of drug-likeness (QED) is 0.798. The van der Waals surface area contributed by atoms with Crippen molar-refractivity contribution in [2.45, 2.75) is 0 Å². The van der Waals surface area contributed by atoms with Gasteiger partial charge in [0.15, 0.2) is 11.6 Å². The van der Waals surface area contributed by atoms with Gasteiger partial charge in [-0.2, -0.15) is 0 Å². The Balaban J connectivity index is 2.30. The first-order valence-electron chi connectivity index (χ1n) is 4.40. The molecule has 0 aliphatic carbocycles. The van der Waals surface area contributed by atoms with Crippen LogP contribution in [0.15, 0.2) is 36.5 Å². The number of benzene rings is 1.